The molecule has 156 valence electrons. The molecule has 0 spiro atoms. The quantitative estimate of drug-likeness (QED) is 0.379. The van der Waals surface area contributed by atoms with Gasteiger partial charge in [0.05, 0.1) is 12.1 Å². The summed E-state index contributed by atoms with van der Waals surface area (Å²) in [7, 11) is 0. The molecule has 1 atom stereocenters. The number of thiocarbonyl (C=S) groups is 1. The topological polar surface area (TPSA) is 73.5 Å². The molecular weight excluding hydrogens is 432 g/mol. The van der Waals surface area contributed by atoms with Crippen molar-refractivity contribution in [2.75, 3.05) is 20.9 Å². The number of benzene rings is 3. The fourth-order valence-corrected chi connectivity index (χ4v) is 3.75. The van der Waals surface area contributed by atoms with Crippen molar-refractivity contribution in [3.8, 4) is 0 Å². The van der Waals surface area contributed by atoms with Crippen molar-refractivity contribution in [1.82, 2.24) is 0 Å². The fraction of sp³-hybridized carbons (Fsp3) is 0.0870. The van der Waals surface area contributed by atoms with Crippen LogP contribution in [-0.2, 0) is 9.59 Å². The van der Waals surface area contributed by atoms with Gasteiger partial charge in [-0.1, -0.05) is 41.9 Å². The van der Waals surface area contributed by atoms with Crippen molar-refractivity contribution in [1.29, 1.82) is 0 Å². The molecule has 1 aliphatic rings. The van der Waals surface area contributed by atoms with E-state index >= 15 is 0 Å². The molecule has 1 heterocycles. The average molecular weight is 451 g/mol. The van der Waals surface area contributed by atoms with E-state index in [0.717, 1.165) is 11.4 Å². The van der Waals surface area contributed by atoms with Gasteiger partial charge in [-0.2, -0.15) is 0 Å². The Morgan fingerprint density at radius 1 is 0.871 bits per heavy atom. The molecule has 1 saturated heterocycles. The van der Waals surface area contributed by atoms with E-state index in [2.05, 4.69) is 16.0 Å². The number of carbonyl (C=O) groups is 2. The summed E-state index contributed by atoms with van der Waals surface area (Å²) in [5, 5.41) is 10.3. The second-order valence-electron chi connectivity index (χ2n) is 6.97. The summed E-state index contributed by atoms with van der Waals surface area (Å²) >= 11 is 11.4. The second-order valence-corrected chi connectivity index (χ2v) is 7.82. The van der Waals surface area contributed by atoms with Gasteiger partial charge in [0.2, 0.25) is 5.91 Å². The Bertz CT molecular complexity index is 1140. The molecule has 0 bridgehead atoms. The molecule has 3 aromatic rings. The normalized spacial score (nSPS) is 15.6. The van der Waals surface area contributed by atoms with Crippen molar-refractivity contribution in [2.24, 2.45) is 0 Å². The third kappa shape index (κ3) is 5.02. The van der Waals surface area contributed by atoms with Crippen molar-refractivity contribution in [3.63, 3.8) is 0 Å². The van der Waals surface area contributed by atoms with Gasteiger partial charge in [-0.3, -0.25) is 9.59 Å². The maximum atomic E-state index is 12.9. The molecule has 8 heteroatoms. The Balaban J connectivity index is 1.42. The third-order valence-corrected chi connectivity index (χ3v) is 5.15. The predicted molar refractivity (Wildman–Crippen MR) is 129 cm³/mol. The Morgan fingerprint density at radius 2 is 1.55 bits per heavy atom. The Morgan fingerprint density at radius 3 is 2.32 bits per heavy atom. The number of carbonyl (C=O) groups excluding carboxylic acids is 2. The molecule has 1 aliphatic heterocycles. The number of anilines is 4. The zero-order chi connectivity index (χ0) is 21.8. The van der Waals surface area contributed by atoms with Crippen LogP contribution in [-0.4, -0.2) is 23.0 Å². The van der Waals surface area contributed by atoms with Crippen molar-refractivity contribution in [3.05, 3.63) is 83.9 Å². The number of hydrogen-bond donors (Lipinski definition) is 3. The number of amides is 2. The highest BCUT2D eigenvalue weighted by Gasteiger charge is 2.39. The van der Waals surface area contributed by atoms with Gasteiger partial charge in [0.25, 0.3) is 5.91 Å². The van der Waals surface area contributed by atoms with E-state index in [0.29, 0.717) is 21.5 Å². The van der Waals surface area contributed by atoms with E-state index in [1.54, 1.807) is 24.3 Å². The first-order chi connectivity index (χ1) is 15.0. The van der Waals surface area contributed by atoms with E-state index in [4.69, 9.17) is 23.8 Å². The monoisotopic (exact) mass is 450 g/mol. The van der Waals surface area contributed by atoms with Crippen molar-refractivity contribution in [2.45, 2.75) is 12.5 Å². The summed E-state index contributed by atoms with van der Waals surface area (Å²) < 4.78 is 0. The standard InChI is InChI=1S/C23H19ClN4O2S/c24-15-6-4-11-19(12-15)28-21(29)14-20(22(28)30)25-17-9-5-10-18(13-17)27-23(31)26-16-7-2-1-3-8-16/h1-13,20,25H,14H2,(H2,26,27,31)/t20-/m1/s1. The van der Waals surface area contributed by atoms with E-state index < -0.39 is 6.04 Å². The molecule has 2 amide bonds. The number of hydrogen-bond acceptors (Lipinski definition) is 4. The van der Waals surface area contributed by atoms with E-state index in [1.165, 1.54) is 4.90 Å². The van der Waals surface area contributed by atoms with Crippen LogP contribution >= 0.6 is 23.8 Å². The van der Waals surface area contributed by atoms with Gasteiger partial charge in [0.15, 0.2) is 5.11 Å². The minimum atomic E-state index is -0.656. The van der Waals surface area contributed by atoms with E-state index in [-0.39, 0.29) is 18.2 Å². The minimum Gasteiger partial charge on any atom is -0.373 e. The zero-order valence-electron chi connectivity index (χ0n) is 16.3. The van der Waals surface area contributed by atoms with Crippen molar-refractivity contribution < 1.29 is 9.59 Å². The van der Waals surface area contributed by atoms with E-state index in [9.17, 15) is 9.59 Å². The lowest BCUT2D eigenvalue weighted by atomic mass is 10.2. The number of para-hydroxylation sites is 1. The van der Waals surface area contributed by atoms with Crippen LogP contribution in [0.1, 0.15) is 6.42 Å². The van der Waals surface area contributed by atoms with Gasteiger partial charge >= 0.3 is 0 Å². The molecule has 6 nitrogen and oxygen atoms in total. The van der Waals surface area contributed by atoms with Gasteiger partial charge in [0.1, 0.15) is 6.04 Å². The first kappa shape index (κ1) is 20.8. The smallest absolute Gasteiger partial charge is 0.256 e. The lowest BCUT2D eigenvalue weighted by molar-refractivity contribution is -0.121. The largest absolute Gasteiger partial charge is 0.373 e. The average Bonchev–Trinajstić information content (AvgIpc) is 3.02. The fourth-order valence-electron chi connectivity index (χ4n) is 3.33. The summed E-state index contributed by atoms with van der Waals surface area (Å²) in [6.07, 6.45) is 0.0664. The van der Waals surface area contributed by atoms with Crippen LogP contribution in [0.4, 0.5) is 22.7 Å². The number of imide groups is 1. The zero-order valence-corrected chi connectivity index (χ0v) is 17.9. The van der Waals surface area contributed by atoms with Crippen LogP contribution in [0.15, 0.2) is 78.9 Å². The summed E-state index contributed by atoms with van der Waals surface area (Å²) in [5.74, 6) is -0.584. The molecule has 0 aromatic heterocycles. The lowest BCUT2D eigenvalue weighted by Crippen LogP contribution is -2.34. The molecular formula is C23H19ClN4O2S. The highest BCUT2D eigenvalue weighted by molar-refractivity contribution is 7.80. The highest BCUT2D eigenvalue weighted by Crippen LogP contribution is 2.27. The molecule has 3 aromatic carbocycles. The van der Waals surface area contributed by atoms with Crippen molar-refractivity contribution >= 4 is 63.5 Å². The summed E-state index contributed by atoms with van der Waals surface area (Å²) in [5.41, 5.74) is 2.80. The van der Waals surface area contributed by atoms with Gasteiger partial charge in [-0.25, -0.2) is 4.90 Å². The molecule has 0 radical (unpaired) electrons. The Hall–Kier alpha value is -3.42. The lowest BCUT2D eigenvalue weighted by Gasteiger charge is -2.17. The van der Waals surface area contributed by atoms with Gasteiger partial charge in [-0.15, -0.1) is 0 Å². The van der Waals surface area contributed by atoms with Gasteiger partial charge in [0, 0.05) is 22.1 Å². The molecule has 31 heavy (non-hydrogen) atoms. The number of rotatable bonds is 5. The SMILES string of the molecule is O=C1C[C@@H](Nc2cccc(NC(=S)Nc3ccccc3)c2)C(=O)N1c1cccc(Cl)c1. The molecule has 0 unspecified atom stereocenters. The Labute approximate surface area is 190 Å². The summed E-state index contributed by atoms with van der Waals surface area (Å²) in [6, 6.07) is 23.0. The van der Waals surface area contributed by atoms with Crippen LogP contribution < -0.4 is 20.9 Å². The number of nitrogens with zero attached hydrogens (tertiary/aromatic N) is 1. The highest BCUT2D eigenvalue weighted by atomic mass is 35.5. The summed E-state index contributed by atoms with van der Waals surface area (Å²) in [6.45, 7) is 0. The maximum Gasteiger partial charge on any atom is 0.256 e. The van der Waals surface area contributed by atoms with Crippen LogP contribution in [0.2, 0.25) is 5.02 Å². The maximum absolute atomic E-state index is 12.9. The Kier molecular flexibility index (Phi) is 6.16. The molecule has 4 rings (SSSR count). The van der Waals surface area contributed by atoms with Crippen LogP contribution in [0.25, 0.3) is 0 Å². The summed E-state index contributed by atoms with van der Waals surface area (Å²) in [4.78, 5) is 26.5. The molecule has 3 N–H and O–H groups in total. The van der Waals surface area contributed by atoms with Gasteiger partial charge in [-0.05, 0) is 60.7 Å². The number of nitrogens with one attached hydrogen (secondary N) is 3. The minimum absolute atomic E-state index is 0.0664. The van der Waals surface area contributed by atoms with Gasteiger partial charge < -0.3 is 16.0 Å². The van der Waals surface area contributed by atoms with Crippen LogP contribution in [0.3, 0.4) is 0 Å². The molecule has 0 saturated carbocycles. The first-order valence-corrected chi connectivity index (χ1v) is 10.4. The second kappa shape index (κ2) is 9.16. The first-order valence-electron chi connectivity index (χ1n) is 9.61. The van der Waals surface area contributed by atoms with Crippen LogP contribution in [0, 0.1) is 0 Å². The third-order valence-electron chi connectivity index (χ3n) is 4.71. The molecule has 0 aliphatic carbocycles. The molecule has 1 fully saturated rings. The predicted octanol–water partition coefficient (Wildman–Crippen LogP) is 4.89. The van der Waals surface area contributed by atoms with Crippen LogP contribution in [0.5, 0.6) is 0 Å². The number of halogens is 1. The van der Waals surface area contributed by atoms with E-state index in [1.807, 2.05) is 54.6 Å².